The fraction of sp³-hybridized carbons (Fsp3) is 0.273. The number of pyridine rings is 1. The van der Waals surface area contributed by atoms with Crippen LogP contribution in [0, 0.1) is 0 Å². The number of ether oxygens (including phenoxy) is 1. The van der Waals surface area contributed by atoms with E-state index < -0.39 is 0 Å². The highest BCUT2D eigenvalue weighted by Gasteiger charge is 2.03. The molecule has 0 saturated heterocycles. The number of aromatic nitrogens is 1. The maximum atomic E-state index is 11.1. The monoisotopic (exact) mass is 191 g/mol. The standard InChI is InChI=1S/C11H13NO2/c1-3-14-11(9(2)13)7-10-5-4-6-12-8-10/h4-8H,3H2,1-2H3/b11-7+. The summed E-state index contributed by atoms with van der Waals surface area (Å²) in [6.07, 6.45) is 5.06. The van der Waals surface area contributed by atoms with Crippen molar-refractivity contribution in [3.8, 4) is 0 Å². The van der Waals surface area contributed by atoms with Crippen LogP contribution in [-0.2, 0) is 9.53 Å². The van der Waals surface area contributed by atoms with Crippen LogP contribution in [0.25, 0.3) is 6.08 Å². The number of nitrogens with zero attached hydrogens (tertiary/aromatic N) is 1. The lowest BCUT2D eigenvalue weighted by Gasteiger charge is -2.04. The van der Waals surface area contributed by atoms with Gasteiger partial charge in [-0.05, 0) is 24.6 Å². The molecule has 0 N–H and O–H groups in total. The zero-order chi connectivity index (χ0) is 10.4. The van der Waals surface area contributed by atoms with E-state index >= 15 is 0 Å². The fourth-order valence-corrected chi connectivity index (χ4v) is 1.01. The van der Waals surface area contributed by atoms with Gasteiger partial charge in [0.05, 0.1) is 6.61 Å². The van der Waals surface area contributed by atoms with Gasteiger partial charge in [-0.2, -0.15) is 0 Å². The lowest BCUT2D eigenvalue weighted by atomic mass is 10.2. The molecule has 0 fully saturated rings. The fourth-order valence-electron chi connectivity index (χ4n) is 1.01. The Hall–Kier alpha value is -1.64. The Labute approximate surface area is 83.4 Å². The molecule has 1 rings (SSSR count). The number of rotatable bonds is 4. The summed E-state index contributed by atoms with van der Waals surface area (Å²) in [5, 5.41) is 0. The van der Waals surface area contributed by atoms with Crippen LogP contribution >= 0.6 is 0 Å². The Balaban J connectivity index is 2.88. The molecule has 0 aliphatic carbocycles. The first-order chi connectivity index (χ1) is 6.74. The quantitative estimate of drug-likeness (QED) is 0.540. The van der Waals surface area contributed by atoms with E-state index in [1.165, 1.54) is 6.92 Å². The van der Waals surface area contributed by atoms with Crippen molar-refractivity contribution in [1.29, 1.82) is 0 Å². The Kier molecular flexibility index (Phi) is 3.85. The molecule has 74 valence electrons. The summed E-state index contributed by atoms with van der Waals surface area (Å²) in [5.41, 5.74) is 0.867. The predicted octanol–water partition coefficient (Wildman–Crippen LogP) is 2.05. The van der Waals surface area contributed by atoms with Gasteiger partial charge in [0.1, 0.15) is 0 Å². The van der Waals surface area contributed by atoms with E-state index in [2.05, 4.69) is 4.98 Å². The smallest absolute Gasteiger partial charge is 0.194 e. The Morgan fingerprint density at radius 1 is 1.64 bits per heavy atom. The topological polar surface area (TPSA) is 39.2 Å². The molecule has 0 spiro atoms. The summed E-state index contributed by atoms with van der Waals surface area (Å²) < 4.78 is 5.19. The van der Waals surface area contributed by atoms with Gasteiger partial charge in [-0.15, -0.1) is 0 Å². The highest BCUT2D eigenvalue weighted by Crippen LogP contribution is 2.07. The van der Waals surface area contributed by atoms with E-state index in [1.54, 1.807) is 18.5 Å². The first kappa shape index (κ1) is 10.4. The second-order valence-electron chi connectivity index (χ2n) is 2.78. The number of ketones is 1. The lowest BCUT2D eigenvalue weighted by Crippen LogP contribution is -2.01. The van der Waals surface area contributed by atoms with Crippen LogP contribution in [-0.4, -0.2) is 17.4 Å². The summed E-state index contributed by atoms with van der Waals surface area (Å²) in [7, 11) is 0. The summed E-state index contributed by atoms with van der Waals surface area (Å²) in [6.45, 7) is 3.82. The molecule has 1 aromatic heterocycles. The SMILES string of the molecule is CCO/C(=C/c1cccnc1)C(C)=O. The summed E-state index contributed by atoms with van der Waals surface area (Å²) in [5.74, 6) is 0.302. The molecule has 14 heavy (non-hydrogen) atoms. The molecule has 0 radical (unpaired) electrons. The number of allylic oxidation sites excluding steroid dienone is 1. The van der Waals surface area contributed by atoms with Crippen LogP contribution in [0.4, 0.5) is 0 Å². The molecular formula is C11H13NO2. The maximum Gasteiger partial charge on any atom is 0.194 e. The average Bonchev–Trinajstić information content (AvgIpc) is 2.18. The molecule has 0 aliphatic heterocycles. The Morgan fingerprint density at radius 2 is 2.43 bits per heavy atom. The molecule has 0 bridgehead atoms. The van der Waals surface area contributed by atoms with Gasteiger partial charge >= 0.3 is 0 Å². The second-order valence-corrected chi connectivity index (χ2v) is 2.78. The molecule has 0 aliphatic rings. The minimum atomic E-state index is -0.0734. The first-order valence-electron chi connectivity index (χ1n) is 4.49. The third kappa shape index (κ3) is 3.01. The van der Waals surface area contributed by atoms with Crippen molar-refractivity contribution >= 4 is 11.9 Å². The van der Waals surface area contributed by atoms with Crippen LogP contribution in [0.3, 0.4) is 0 Å². The first-order valence-corrected chi connectivity index (χ1v) is 4.49. The summed E-state index contributed by atoms with van der Waals surface area (Å²) >= 11 is 0. The van der Waals surface area contributed by atoms with Crippen molar-refractivity contribution in [1.82, 2.24) is 4.98 Å². The molecule has 0 aromatic carbocycles. The molecule has 3 nitrogen and oxygen atoms in total. The van der Waals surface area contributed by atoms with Crippen molar-refractivity contribution in [2.75, 3.05) is 6.61 Å². The van der Waals surface area contributed by atoms with Crippen molar-refractivity contribution < 1.29 is 9.53 Å². The van der Waals surface area contributed by atoms with Crippen molar-refractivity contribution in [3.63, 3.8) is 0 Å². The third-order valence-electron chi connectivity index (χ3n) is 1.63. The van der Waals surface area contributed by atoms with E-state index in [9.17, 15) is 4.79 Å². The molecule has 0 amide bonds. The number of carbonyl (C=O) groups excluding carboxylic acids is 1. The number of hydrogen-bond acceptors (Lipinski definition) is 3. The summed E-state index contributed by atoms with van der Waals surface area (Å²) in [4.78, 5) is 15.1. The van der Waals surface area contributed by atoms with E-state index in [1.807, 2.05) is 19.1 Å². The van der Waals surface area contributed by atoms with Gasteiger partial charge in [0, 0.05) is 19.3 Å². The normalized spacial score (nSPS) is 11.1. The molecule has 0 saturated carbocycles. The minimum Gasteiger partial charge on any atom is -0.490 e. The Bertz CT molecular complexity index is 330. The van der Waals surface area contributed by atoms with E-state index in [-0.39, 0.29) is 5.78 Å². The molecule has 0 atom stereocenters. The van der Waals surface area contributed by atoms with Gasteiger partial charge in [0.15, 0.2) is 11.5 Å². The van der Waals surface area contributed by atoms with Gasteiger partial charge in [-0.1, -0.05) is 6.07 Å². The Morgan fingerprint density at radius 3 is 2.93 bits per heavy atom. The molecule has 0 unspecified atom stereocenters. The van der Waals surface area contributed by atoms with Crippen molar-refractivity contribution in [3.05, 3.63) is 35.8 Å². The second kappa shape index (κ2) is 5.17. The average molecular weight is 191 g/mol. The van der Waals surface area contributed by atoms with Crippen LogP contribution in [0.1, 0.15) is 19.4 Å². The third-order valence-corrected chi connectivity index (χ3v) is 1.63. The van der Waals surface area contributed by atoms with Crippen LogP contribution in [0.5, 0.6) is 0 Å². The van der Waals surface area contributed by atoms with Gasteiger partial charge in [-0.25, -0.2) is 0 Å². The maximum absolute atomic E-state index is 11.1. The van der Waals surface area contributed by atoms with Crippen LogP contribution in [0.15, 0.2) is 30.3 Å². The number of Topliss-reactive ketones (excluding diaryl/α,β-unsaturated/α-hetero) is 1. The van der Waals surface area contributed by atoms with Gasteiger partial charge in [0.2, 0.25) is 0 Å². The van der Waals surface area contributed by atoms with Crippen LogP contribution < -0.4 is 0 Å². The molecule has 1 aromatic rings. The number of carbonyl (C=O) groups is 1. The van der Waals surface area contributed by atoms with Gasteiger partial charge < -0.3 is 4.74 Å². The molecular weight excluding hydrogens is 178 g/mol. The van der Waals surface area contributed by atoms with Gasteiger partial charge in [0.25, 0.3) is 0 Å². The van der Waals surface area contributed by atoms with Crippen molar-refractivity contribution in [2.45, 2.75) is 13.8 Å². The zero-order valence-electron chi connectivity index (χ0n) is 8.36. The molecule has 3 heteroatoms. The van der Waals surface area contributed by atoms with E-state index in [0.29, 0.717) is 12.4 Å². The highest BCUT2D eigenvalue weighted by atomic mass is 16.5. The highest BCUT2D eigenvalue weighted by molar-refractivity contribution is 5.95. The largest absolute Gasteiger partial charge is 0.490 e. The number of hydrogen-bond donors (Lipinski definition) is 0. The zero-order valence-corrected chi connectivity index (χ0v) is 8.36. The van der Waals surface area contributed by atoms with Gasteiger partial charge in [-0.3, -0.25) is 9.78 Å². The summed E-state index contributed by atoms with van der Waals surface area (Å²) in [6, 6.07) is 3.69. The van der Waals surface area contributed by atoms with Crippen LogP contribution in [0.2, 0.25) is 0 Å². The lowest BCUT2D eigenvalue weighted by molar-refractivity contribution is -0.116. The minimum absolute atomic E-state index is 0.0734. The predicted molar refractivity (Wildman–Crippen MR) is 54.5 cm³/mol. The van der Waals surface area contributed by atoms with Crippen molar-refractivity contribution in [2.24, 2.45) is 0 Å². The van der Waals surface area contributed by atoms with E-state index in [0.717, 1.165) is 5.56 Å². The van der Waals surface area contributed by atoms with E-state index in [4.69, 9.17) is 4.74 Å². The molecule has 1 heterocycles.